The molecular formula is C20H21N3O2. The topological polar surface area (TPSA) is 54.5 Å². The van der Waals surface area contributed by atoms with Gasteiger partial charge in [0.1, 0.15) is 5.60 Å². The monoisotopic (exact) mass is 335 g/mol. The molecule has 5 heterocycles. The molecule has 2 bridgehead atoms. The van der Waals surface area contributed by atoms with E-state index in [4.69, 9.17) is 4.74 Å². The minimum absolute atomic E-state index is 0.125. The van der Waals surface area contributed by atoms with Crippen LogP contribution in [0.1, 0.15) is 28.8 Å². The lowest BCUT2D eigenvalue weighted by molar-refractivity contribution is -0.0814. The molecule has 4 aliphatic heterocycles. The molecule has 1 amide bonds. The molecule has 3 saturated heterocycles. The second kappa shape index (κ2) is 5.56. The zero-order valence-corrected chi connectivity index (χ0v) is 14.1. The van der Waals surface area contributed by atoms with Crippen molar-refractivity contribution in [2.45, 2.75) is 24.9 Å². The zero-order chi connectivity index (χ0) is 16.9. The smallest absolute Gasteiger partial charge is 0.257 e. The van der Waals surface area contributed by atoms with Crippen LogP contribution in [0.2, 0.25) is 0 Å². The van der Waals surface area contributed by atoms with Crippen LogP contribution >= 0.6 is 0 Å². The first-order valence-electron chi connectivity index (χ1n) is 8.99. The van der Waals surface area contributed by atoms with Gasteiger partial charge in [0, 0.05) is 36.3 Å². The molecule has 0 aliphatic carbocycles. The summed E-state index contributed by atoms with van der Waals surface area (Å²) in [4.78, 5) is 19.5. The van der Waals surface area contributed by atoms with Crippen LogP contribution in [-0.4, -0.2) is 41.0 Å². The highest BCUT2D eigenvalue weighted by atomic mass is 16.5. The van der Waals surface area contributed by atoms with Gasteiger partial charge in [0.25, 0.3) is 5.91 Å². The highest BCUT2D eigenvalue weighted by Crippen LogP contribution is 2.46. The van der Waals surface area contributed by atoms with Crippen molar-refractivity contribution in [2.24, 2.45) is 5.92 Å². The van der Waals surface area contributed by atoms with Gasteiger partial charge in [-0.2, -0.15) is 0 Å². The molecule has 5 heteroatoms. The van der Waals surface area contributed by atoms with Crippen molar-refractivity contribution >= 4 is 11.6 Å². The maximum Gasteiger partial charge on any atom is 0.257 e. The number of carbonyl (C=O) groups is 1. The van der Waals surface area contributed by atoms with Crippen molar-refractivity contribution in [3.63, 3.8) is 0 Å². The van der Waals surface area contributed by atoms with Crippen LogP contribution in [0.4, 0.5) is 5.69 Å². The minimum Gasteiger partial charge on any atom is -0.469 e. The molecule has 0 saturated carbocycles. The van der Waals surface area contributed by atoms with Crippen molar-refractivity contribution in [3.8, 4) is 5.88 Å². The molecule has 1 aromatic carbocycles. The average Bonchev–Trinajstić information content (AvgIpc) is 3.00. The van der Waals surface area contributed by atoms with E-state index in [-0.39, 0.29) is 11.5 Å². The van der Waals surface area contributed by atoms with Gasteiger partial charge in [0.2, 0.25) is 5.88 Å². The van der Waals surface area contributed by atoms with Gasteiger partial charge >= 0.3 is 0 Å². The van der Waals surface area contributed by atoms with Gasteiger partial charge in [0.15, 0.2) is 0 Å². The maximum atomic E-state index is 12.5. The Kier molecular flexibility index (Phi) is 3.31. The number of nitrogens with one attached hydrogen (secondary N) is 1. The molecule has 1 N–H and O–H groups in total. The summed E-state index contributed by atoms with van der Waals surface area (Å²) in [6.45, 7) is 3.36. The van der Waals surface area contributed by atoms with E-state index < -0.39 is 0 Å². The lowest BCUT2D eigenvalue weighted by atomic mass is 9.73. The molecule has 0 radical (unpaired) electrons. The fraction of sp³-hybridized carbons (Fsp3) is 0.400. The predicted molar refractivity (Wildman–Crippen MR) is 94.9 cm³/mol. The number of anilines is 1. The first kappa shape index (κ1) is 14.9. The van der Waals surface area contributed by atoms with Crippen molar-refractivity contribution in [2.75, 3.05) is 25.0 Å². The summed E-state index contributed by atoms with van der Waals surface area (Å²) in [5.41, 5.74) is 2.32. The number of fused-ring (bicyclic) bond motifs is 3. The first-order chi connectivity index (χ1) is 12.2. The molecule has 4 aliphatic rings. The van der Waals surface area contributed by atoms with E-state index in [2.05, 4.69) is 15.2 Å². The molecule has 1 atom stereocenters. The van der Waals surface area contributed by atoms with Crippen molar-refractivity contribution in [1.82, 2.24) is 9.88 Å². The summed E-state index contributed by atoms with van der Waals surface area (Å²) >= 11 is 0. The highest BCUT2D eigenvalue weighted by molar-refractivity contribution is 6.04. The van der Waals surface area contributed by atoms with Crippen molar-refractivity contribution in [3.05, 3.63) is 53.7 Å². The third kappa shape index (κ3) is 2.50. The van der Waals surface area contributed by atoms with Gasteiger partial charge in [-0.15, -0.1) is 0 Å². The number of pyridine rings is 1. The van der Waals surface area contributed by atoms with Gasteiger partial charge in [-0.05, 0) is 44.1 Å². The molecule has 128 valence electrons. The van der Waals surface area contributed by atoms with Crippen molar-refractivity contribution < 1.29 is 9.53 Å². The molecule has 5 nitrogen and oxygen atoms in total. The zero-order valence-electron chi connectivity index (χ0n) is 14.1. The molecular weight excluding hydrogens is 314 g/mol. The number of nitrogens with zero attached hydrogens (tertiary/aromatic N) is 2. The van der Waals surface area contributed by atoms with E-state index in [1.54, 1.807) is 6.20 Å². The van der Waals surface area contributed by atoms with Crippen LogP contribution < -0.4 is 10.1 Å². The number of hydrogen-bond donors (Lipinski definition) is 1. The quantitative estimate of drug-likeness (QED) is 0.917. The summed E-state index contributed by atoms with van der Waals surface area (Å²) in [5, 5.41) is 2.92. The fourth-order valence-electron chi connectivity index (χ4n) is 4.56. The van der Waals surface area contributed by atoms with E-state index in [0.717, 1.165) is 24.2 Å². The number of para-hydroxylation sites is 1. The number of piperidine rings is 3. The number of aromatic nitrogens is 1. The first-order valence-corrected chi connectivity index (χ1v) is 8.99. The Labute approximate surface area is 147 Å². The van der Waals surface area contributed by atoms with Crippen LogP contribution in [0.5, 0.6) is 5.88 Å². The highest BCUT2D eigenvalue weighted by Gasteiger charge is 2.52. The third-order valence-corrected chi connectivity index (χ3v) is 5.83. The van der Waals surface area contributed by atoms with Gasteiger partial charge in [-0.1, -0.05) is 18.2 Å². The number of ether oxygens (including phenoxy) is 1. The van der Waals surface area contributed by atoms with E-state index in [9.17, 15) is 4.79 Å². The normalized spacial score (nSPS) is 29.3. The molecule has 6 rings (SSSR count). The number of benzene rings is 1. The number of rotatable bonds is 2. The lowest BCUT2D eigenvalue weighted by Crippen LogP contribution is -2.61. The van der Waals surface area contributed by atoms with Crippen LogP contribution in [0.15, 0.2) is 42.6 Å². The van der Waals surface area contributed by atoms with Gasteiger partial charge in [-0.25, -0.2) is 4.98 Å². The summed E-state index contributed by atoms with van der Waals surface area (Å²) in [7, 11) is 0. The fourth-order valence-corrected chi connectivity index (χ4v) is 4.56. The average molecular weight is 335 g/mol. The van der Waals surface area contributed by atoms with Gasteiger partial charge in [0.05, 0.1) is 5.56 Å². The SMILES string of the molecule is O=C(Nc1ccccc1)c1cnc2c(c1)CC1(CN3CCC1CC3)O2. The Bertz CT molecular complexity index is 815. The van der Waals surface area contributed by atoms with E-state index in [0.29, 0.717) is 17.4 Å². The Morgan fingerprint density at radius 1 is 1.24 bits per heavy atom. The molecule has 3 fully saturated rings. The summed E-state index contributed by atoms with van der Waals surface area (Å²) in [6.07, 6.45) is 4.89. The molecule has 2 aromatic rings. The van der Waals surface area contributed by atoms with E-state index >= 15 is 0 Å². The maximum absolute atomic E-state index is 12.5. The van der Waals surface area contributed by atoms with Crippen LogP contribution in [0.25, 0.3) is 0 Å². The minimum atomic E-state index is -0.128. The van der Waals surface area contributed by atoms with Crippen LogP contribution in [0, 0.1) is 5.92 Å². The predicted octanol–water partition coefficient (Wildman–Crippen LogP) is 2.73. The molecule has 25 heavy (non-hydrogen) atoms. The van der Waals surface area contributed by atoms with Crippen LogP contribution in [0.3, 0.4) is 0 Å². The Morgan fingerprint density at radius 3 is 2.76 bits per heavy atom. The third-order valence-electron chi connectivity index (χ3n) is 5.83. The largest absolute Gasteiger partial charge is 0.469 e. The Morgan fingerprint density at radius 2 is 2.04 bits per heavy atom. The van der Waals surface area contributed by atoms with Gasteiger partial charge in [-0.3, -0.25) is 9.69 Å². The number of amides is 1. The van der Waals surface area contributed by atoms with Crippen molar-refractivity contribution in [1.29, 1.82) is 0 Å². The standard InChI is InChI=1S/C20H21N3O2/c24-18(22-17-4-2-1-3-5-17)15-10-14-11-20(25-19(14)21-12-15)13-23-8-6-16(20)7-9-23/h1-5,10,12,16H,6-9,11,13H2,(H,22,24). The van der Waals surface area contributed by atoms with E-state index in [1.165, 1.54) is 25.9 Å². The Hall–Kier alpha value is -2.40. The number of hydrogen-bond acceptors (Lipinski definition) is 4. The van der Waals surface area contributed by atoms with Gasteiger partial charge < -0.3 is 10.1 Å². The molecule has 1 aromatic heterocycles. The Balaban J connectivity index is 1.37. The summed E-state index contributed by atoms with van der Waals surface area (Å²) in [5.74, 6) is 1.19. The second-order valence-corrected chi connectivity index (χ2v) is 7.40. The second-order valence-electron chi connectivity index (χ2n) is 7.40. The summed E-state index contributed by atoms with van der Waals surface area (Å²) in [6, 6.07) is 11.4. The summed E-state index contributed by atoms with van der Waals surface area (Å²) < 4.78 is 6.34. The molecule has 1 spiro atoms. The lowest BCUT2D eigenvalue weighted by Gasteiger charge is -2.50. The number of carbonyl (C=O) groups excluding carboxylic acids is 1. The van der Waals surface area contributed by atoms with E-state index in [1.807, 2.05) is 36.4 Å². The molecule has 1 unspecified atom stereocenters. The van der Waals surface area contributed by atoms with Crippen LogP contribution in [-0.2, 0) is 6.42 Å².